The normalized spacial score (nSPS) is 11.9. The minimum absolute atomic E-state index is 0.0914. The van der Waals surface area contributed by atoms with Crippen LogP contribution in [-0.2, 0) is 11.2 Å². The van der Waals surface area contributed by atoms with Crippen molar-refractivity contribution in [3.05, 3.63) is 47.3 Å². The van der Waals surface area contributed by atoms with Gasteiger partial charge in [-0.1, -0.05) is 6.08 Å². The van der Waals surface area contributed by atoms with Crippen LogP contribution in [0, 0.1) is 29.1 Å². The fourth-order valence-electron chi connectivity index (χ4n) is 1.41. The average molecular weight is 368 g/mol. The van der Waals surface area contributed by atoms with Crippen molar-refractivity contribution in [2.45, 2.75) is 12.5 Å². The molecule has 23 heavy (non-hydrogen) atoms. The smallest absolute Gasteiger partial charge is 0.390 e. The van der Waals surface area contributed by atoms with Gasteiger partial charge in [-0.2, -0.15) is 8.39 Å². The molecule has 0 aliphatic rings. The Morgan fingerprint density at radius 2 is 1.39 bits per heavy atom. The highest BCUT2D eigenvalue weighted by Gasteiger charge is 2.26. The lowest BCUT2D eigenvalue weighted by Crippen LogP contribution is -2.21. The van der Waals surface area contributed by atoms with Gasteiger partial charge in [-0.25, -0.2) is 22.0 Å². The van der Waals surface area contributed by atoms with Crippen LogP contribution in [0.5, 0.6) is 0 Å². The number of rotatable bonds is 6. The van der Waals surface area contributed by atoms with Crippen LogP contribution in [-0.4, -0.2) is 29.3 Å². The molecular weight excluding hydrogens is 356 g/mol. The Balaban J connectivity index is 0.00000108. The highest BCUT2D eigenvalue weighted by Crippen LogP contribution is 2.31. The second kappa shape index (κ2) is 10.5. The first-order valence-electron chi connectivity index (χ1n) is 5.81. The standard InChI is InChI=1S/C12H11F5O2.F2HOP/c1-2-3-19-5-6(18)4-7-8(13)10(15)12(17)11(16)9(7)14;1-4(2)3/h2,6,18H,1,3-5H2;3H. The van der Waals surface area contributed by atoms with E-state index in [1.165, 1.54) is 6.08 Å². The number of hydrogen-bond acceptors (Lipinski definition) is 3. The summed E-state index contributed by atoms with van der Waals surface area (Å²) in [4.78, 5) is 6.79. The molecule has 1 atom stereocenters. The highest BCUT2D eigenvalue weighted by atomic mass is 31.2. The Morgan fingerprint density at radius 3 is 1.78 bits per heavy atom. The van der Waals surface area contributed by atoms with Crippen molar-refractivity contribution in [2.24, 2.45) is 0 Å². The maximum Gasteiger partial charge on any atom is 0.412 e. The van der Waals surface area contributed by atoms with E-state index in [4.69, 9.17) is 9.63 Å². The van der Waals surface area contributed by atoms with Crippen LogP contribution < -0.4 is 0 Å². The van der Waals surface area contributed by atoms with Crippen LogP contribution in [0.1, 0.15) is 5.56 Å². The topological polar surface area (TPSA) is 49.7 Å². The molecule has 132 valence electrons. The molecule has 0 amide bonds. The molecule has 2 N–H and O–H groups in total. The summed E-state index contributed by atoms with van der Waals surface area (Å²) in [7, 11) is -3.62. The Morgan fingerprint density at radius 1 is 1.00 bits per heavy atom. The van der Waals surface area contributed by atoms with Gasteiger partial charge < -0.3 is 14.7 Å². The van der Waals surface area contributed by atoms with E-state index in [0.717, 1.165) is 0 Å². The van der Waals surface area contributed by atoms with Gasteiger partial charge in [0.25, 0.3) is 0 Å². The molecule has 0 heterocycles. The molecule has 1 aromatic rings. The van der Waals surface area contributed by atoms with E-state index in [0.29, 0.717) is 0 Å². The number of hydrogen-bond donors (Lipinski definition) is 2. The maximum absolute atomic E-state index is 13.3. The second-order valence-electron chi connectivity index (χ2n) is 3.95. The van der Waals surface area contributed by atoms with Crippen molar-refractivity contribution >= 4 is 8.77 Å². The molecule has 0 aromatic heterocycles. The van der Waals surface area contributed by atoms with E-state index in [9.17, 15) is 35.5 Å². The first kappa shape index (κ1) is 21.8. The molecule has 1 unspecified atom stereocenters. The molecule has 0 radical (unpaired) electrons. The summed E-state index contributed by atoms with van der Waals surface area (Å²) in [6, 6.07) is 0. The lowest BCUT2D eigenvalue weighted by atomic mass is 10.1. The van der Waals surface area contributed by atoms with E-state index >= 15 is 0 Å². The van der Waals surface area contributed by atoms with Gasteiger partial charge in [0.1, 0.15) is 0 Å². The Bertz CT molecular complexity index is 496. The van der Waals surface area contributed by atoms with Crippen molar-refractivity contribution in [1.29, 1.82) is 0 Å². The predicted molar refractivity (Wildman–Crippen MR) is 68.3 cm³/mol. The molecule has 0 aliphatic heterocycles. The minimum atomic E-state index is -3.62. The van der Waals surface area contributed by atoms with E-state index in [-0.39, 0.29) is 13.2 Å². The monoisotopic (exact) mass is 368 g/mol. The molecule has 11 heteroatoms. The minimum Gasteiger partial charge on any atom is -0.390 e. The SMILES string of the molecule is C=CCOCC(O)Cc1c(F)c(F)c(F)c(F)c1F.OP(F)F. The summed E-state index contributed by atoms with van der Waals surface area (Å²) >= 11 is 0. The van der Waals surface area contributed by atoms with Gasteiger partial charge in [0.2, 0.25) is 5.82 Å². The van der Waals surface area contributed by atoms with Crippen LogP contribution in [0.4, 0.5) is 30.3 Å². The number of aliphatic hydroxyl groups excluding tert-OH is 1. The third-order valence-electron chi connectivity index (χ3n) is 2.29. The molecule has 0 bridgehead atoms. The zero-order valence-corrected chi connectivity index (χ0v) is 12.3. The Labute approximate surface area is 128 Å². The van der Waals surface area contributed by atoms with E-state index in [2.05, 4.69) is 6.58 Å². The fraction of sp³-hybridized carbons (Fsp3) is 0.333. The van der Waals surface area contributed by atoms with Crippen molar-refractivity contribution in [1.82, 2.24) is 0 Å². The number of benzene rings is 1. The summed E-state index contributed by atoms with van der Waals surface area (Å²) < 4.78 is 89.7. The summed E-state index contributed by atoms with van der Waals surface area (Å²) in [5.74, 6) is -10.2. The molecular formula is C12H12F7O3P. The van der Waals surface area contributed by atoms with Gasteiger partial charge >= 0.3 is 8.77 Å². The zero-order valence-electron chi connectivity index (χ0n) is 11.4. The Kier molecular flexibility index (Phi) is 9.98. The Hall–Kier alpha value is -1.22. The van der Waals surface area contributed by atoms with E-state index in [1.54, 1.807) is 0 Å². The van der Waals surface area contributed by atoms with Gasteiger partial charge in [-0.15, -0.1) is 6.58 Å². The van der Waals surface area contributed by atoms with Gasteiger partial charge in [-0.3, -0.25) is 0 Å². The van der Waals surface area contributed by atoms with Gasteiger partial charge in [0.15, 0.2) is 23.3 Å². The molecule has 1 aromatic carbocycles. The van der Waals surface area contributed by atoms with Crippen molar-refractivity contribution in [2.75, 3.05) is 13.2 Å². The molecule has 3 nitrogen and oxygen atoms in total. The number of ether oxygens (including phenoxy) is 1. The fourth-order valence-corrected chi connectivity index (χ4v) is 1.41. The largest absolute Gasteiger partial charge is 0.412 e. The summed E-state index contributed by atoms with van der Waals surface area (Å²) in [6.45, 7) is 3.11. The summed E-state index contributed by atoms with van der Waals surface area (Å²) in [6.07, 6.45) is -0.762. The quantitative estimate of drug-likeness (QED) is 0.201. The van der Waals surface area contributed by atoms with Gasteiger partial charge in [0, 0.05) is 12.0 Å². The van der Waals surface area contributed by atoms with Crippen molar-refractivity contribution in [3.8, 4) is 0 Å². The highest BCUT2D eigenvalue weighted by molar-refractivity contribution is 7.39. The third-order valence-corrected chi connectivity index (χ3v) is 2.29. The maximum atomic E-state index is 13.3. The van der Waals surface area contributed by atoms with Crippen LogP contribution in [0.2, 0.25) is 0 Å². The first-order valence-corrected chi connectivity index (χ1v) is 6.88. The molecule has 0 saturated heterocycles. The number of aliphatic hydroxyl groups is 1. The third kappa shape index (κ3) is 7.26. The molecule has 0 fully saturated rings. The summed E-state index contributed by atoms with van der Waals surface area (Å²) in [5, 5.41) is 9.40. The average Bonchev–Trinajstić information content (AvgIpc) is 2.47. The van der Waals surface area contributed by atoms with E-state index < -0.39 is 55.9 Å². The zero-order chi connectivity index (χ0) is 18.2. The molecule has 1 rings (SSSR count). The van der Waals surface area contributed by atoms with Gasteiger partial charge in [0.05, 0.1) is 19.3 Å². The molecule has 0 spiro atoms. The lowest BCUT2D eigenvalue weighted by molar-refractivity contribution is 0.0485. The molecule has 0 aliphatic carbocycles. The van der Waals surface area contributed by atoms with Crippen LogP contribution in [0.3, 0.4) is 0 Å². The van der Waals surface area contributed by atoms with Crippen LogP contribution >= 0.6 is 8.77 Å². The van der Waals surface area contributed by atoms with E-state index in [1.807, 2.05) is 0 Å². The van der Waals surface area contributed by atoms with Crippen LogP contribution in [0.15, 0.2) is 12.7 Å². The predicted octanol–water partition coefficient (Wildman–Crippen LogP) is 3.63. The van der Waals surface area contributed by atoms with Gasteiger partial charge in [-0.05, 0) is 0 Å². The summed E-state index contributed by atoms with van der Waals surface area (Å²) in [5.41, 5.74) is -1.06. The number of halogens is 7. The first-order chi connectivity index (χ1) is 10.6. The second-order valence-corrected chi connectivity index (χ2v) is 4.38. The molecule has 0 saturated carbocycles. The van der Waals surface area contributed by atoms with Crippen molar-refractivity contribution < 1.29 is 45.1 Å². The lowest BCUT2D eigenvalue weighted by Gasteiger charge is -2.13. The van der Waals surface area contributed by atoms with Crippen LogP contribution in [0.25, 0.3) is 0 Å². The van der Waals surface area contributed by atoms with Crippen molar-refractivity contribution in [3.63, 3.8) is 0 Å².